The van der Waals surface area contributed by atoms with E-state index >= 15 is 0 Å². The summed E-state index contributed by atoms with van der Waals surface area (Å²) in [4.78, 5) is 11.2. The highest BCUT2D eigenvalue weighted by atomic mass is 35.5. The van der Waals surface area contributed by atoms with Crippen LogP contribution in [0.4, 0.5) is 0 Å². The number of hydrogen-bond acceptors (Lipinski definition) is 2. The van der Waals surface area contributed by atoms with E-state index in [9.17, 15) is 4.79 Å². The Morgan fingerprint density at radius 1 is 1.50 bits per heavy atom. The molecule has 14 heavy (non-hydrogen) atoms. The number of ether oxygens (including phenoxy) is 1. The van der Waals surface area contributed by atoms with Gasteiger partial charge in [-0.2, -0.15) is 0 Å². The molecule has 1 aliphatic rings. The molecule has 1 saturated heterocycles. The Morgan fingerprint density at radius 3 is 2.57 bits per heavy atom. The summed E-state index contributed by atoms with van der Waals surface area (Å²) in [6.45, 7) is 6.02. The maximum Gasteiger partial charge on any atom is 0.340 e. The Bertz CT molecular complexity index is 270. The van der Waals surface area contributed by atoms with Gasteiger partial charge in [-0.1, -0.05) is 31.9 Å². The first-order valence-corrected chi connectivity index (χ1v) is 5.55. The molecule has 0 amide bonds. The monoisotopic (exact) mass is 216 g/mol. The van der Waals surface area contributed by atoms with Gasteiger partial charge in [-0.15, -0.1) is 0 Å². The van der Waals surface area contributed by atoms with Crippen molar-refractivity contribution in [2.75, 3.05) is 0 Å². The zero-order valence-corrected chi connectivity index (χ0v) is 9.78. The minimum Gasteiger partial charge on any atom is -0.451 e. The van der Waals surface area contributed by atoms with Crippen LogP contribution in [0.3, 0.4) is 0 Å². The lowest BCUT2D eigenvalue weighted by Crippen LogP contribution is -2.48. The molecule has 1 aliphatic heterocycles. The molecule has 0 bridgehead atoms. The zero-order chi connectivity index (χ0) is 10.8. The van der Waals surface area contributed by atoms with Gasteiger partial charge in [-0.3, -0.25) is 0 Å². The molecule has 0 N–H and O–H groups in total. The number of carbonyl (C=O) groups is 1. The van der Waals surface area contributed by atoms with Crippen LogP contribution in [0.1, 0.15) is 46.5 Å². The second-order valence-electron chi connectivity index (χ2n) is 3.86. The maximum absolute atomic E-state index is 11.2. The summed E-state index contributed by atoms with van der Waals surface area (Å²) in [5, 5.41) is 0.687. The summed E-state index contributed by atoms with van der Waals surface area (Å²) in [5.74, 6) is -0.240. The number of carbonyl (C=O) groups excluding carboxylic acids is 1. The van der Waals surface area contributed by atoms with Crippen LogP contribution in [0.2, 0.25) is 0 Å². The summed E-state index contributed by atoms with van der Waals surface area (Å²) in [6, 6.07) is 0. The highest BCUT2D eigenvalue weighted by Crippen LogP contribution is 2.40. The van der Waals surface area contributed by atoms with Crippen LogP contribution < -0.4 is 0 Å². The van der Waals surface area contributed by atoms with Crippen molar-refractivity contribution < 1.29 is 9.53 Å². The molecule has 0 aromatic carbocycles. The Balaban J connectivity index is 2.77. The molecule has 1 unspecified atom stereocenters. The highest BCUT2D eigenvalue weighted by Gasteiger charge is 2.48. The second-order valence-corrected chi connectivity index (χ2v) is 4.31. The molecule has 80 valence electrons. The van der Waals surface area contributed by atoms with E-state index in [1.165, 1.54) is 0 Å². The van der Waals surface area contributed by atoms with E-state index in [1.807, 2.05) is 13.8 Å². The van der Waals surface area contributed by atoms with Gasteiger partial charge in [0, 0.05) is 5.03 Å². The number of allylic oxidation sites excluding steroid dienone is 1. The summed E-state index contributed by atoms with van der Waals surface area (Å²) in [6.07, 6.45) is 3.69. The minimum absolute atomic E-state index is 0.240. The van der Waals surface area contributed by atoms with Gasteiger partial charge in [0.05, 0.1) is 5.57 Å². The topological polar surface area (TPSA) is 26.3 Å². The van der Waals surface area contributed by atoms with E-state index in [2.05, 4.69) is 6.92 Å². The summed E-state index contributed by atoms with van der Waals surface area (Å²) < 4.78 is 5.11. The van der Waals surface area contributed by atoms with E-state index in [-0.39, 0.29) is 5.97 Å². The molecule has 0 aromatic rings. The first-order chi connectivity index (χ1) is 6.55. The van der Waals surface area contributed by atoms with Gasteiger partial charge in [-0.25, -0.2) is 4.79 Å². The smallest absolute Gasteiger partial charge is 0.340 e. The Morgan fingerprint density at radius 2 is 2.14 bits per heavy atom. The molecule has 1 atom stereocenters. The van der Waals surface area contributed by atoms with Gasteiger partial charge in [0.25, 0.3) is 0 Å². The Kier molecular flexibility index (Phi) is 3.59. The van der Waals surface area contributed by atoms with Crippen LogP contribution in [0.5, 0.6) is 0 Å². The lowest BCUT2D eigenvalue weighted by Gasteiger charge is -2.40. The average molecular weight is 217 g/mol. The largest absolute Gasteiger partial charge is 0.451 e. The average Bonchev–Trinajstić information content (AvgIpc) is 2.13. The van der Waals surface area contributed by atoms with Gasteiger partial charge in [-0.05, 0) is 26.2 Å². The van der Waals surface area contributed by atoms with Gasteiger partial charge < -0.3 is 4.74 Å². The molecule has 0 aliphatic carbocycles. The molecule has 0 spiro atoms. The van der Waals surface area contributed by atoms with Crippen LogP contribution >= 0.6 is 11.6 Å². The lowest BCUT2D eigenvalue weighted by atomic mass is 9.86. The molecule has 2 nitrogen and oxygen atoms in total. The van der Waals surface area contributed by atoms with Crippen molar-refractivity contribution in [2.24, 2.45) is 0 Å². The number of unbranched alkanes of at least 4 members (excludes halogenated alkanes) is 1. The van der Waals surface area contributed by atoms with Crippen LogP contribution in [0.25, 0.3) is 0 Å². The van der Waals surface area contributed by atoms with Crippen molar-refractivity contribution in [3.8, 4) is 0 Å². The molecule has 0 radical (unpaired) electrons. The third kappa shape index (κ3) is 1.95. The first kappa shape index (κ1) is 11.6. The first-order valence-electron chi connectivity index (χ1n) is 5.17. The highest BCUT2D eigenvalue weighted by molar-refractivity contribution is 6.32. The Labute approximate surface area is 90.3 Å². The second kappa shape index (κ2) is 4.35. The fourth-order valence-electron chi connectivity index (χ4n) is 1.58. The number of cyclic esters (lactones) is 1. The molecule has 1 rings (SSSR count). The molecule has 0 saturated carbocycles. The minimum atomic E-state index is -0.429. The van der Waals surface area contributed by atoms with Crippen molar-refractivity contribution in [3.63, 3.8) is 0 Å². The zero-order valence-electron chi connectivity index (χ0n) is 9.02. The third-order valence-corrected chi connectivity index (χ3v) is 3.12. The van der Waals surface area contributed by atoms with Crippen molar-refractivity contribution in [2.45, 2.75) is 52.1 Å². The Hall–Kier alpha value is -0.500. The van der Waals surface area contributed by atoms with Crippen LogP contribution in [0.15, 0.2) is 10.6 Å². The van der Waals surface area contributed by atoms with Crippen LogP contribution in [0, 0.1) is 0 Å². The van der Waals surface area contributed by atoms with Gasteiger partial charge in [0.15, 0.2) is 0 Å². The predicted molar refractivity (Wildman–Crippen MR) is 57.2 cm³/mol. The van der Waals surface area contributed by atoms with Gasteiger partial charge >= 0.3 is 5.97 Å². The summed E-state index contributed by atoms with van der Waals surface area (Å²) in [7, 11) is 0. The van der Waals surface area contributed by atoms with E-state index in [0.29, 0.717) is 10.6 Å². The standard InChI is InChI=1S/C11H17ClO2/c1-4-6-7-8(12)9-10(13)14-11(9,3)5-2/h4-7H2,1-3H3/b9-8+. The number of esters is 1. The molecular formula is C11H17ClO2. The normalized spacial score (nSPS) is 29.6. The van der Waals surface area contributed by atoms with Crippen molar-refractivity contribution in [1.29, 1.82) is 0 Å². The third-order valence-electron chi connectivity index (χ3n) is 2.75. The maximum atomic E-state index is 11.2. The molecule has 0 aromatic heterocycles. The predicted octanol–water partition coefficient (Wildman–Crippen LogP) is 3.40. The fourth-order valence-corrected chi connectivity index (χ4v) is 1.99. The summed E-state index contributed by atoms with van der Waals surface area (Å²) >= 11 is 6.10. The van der Waals surface area contributed by atoms with E-state index < -0.39 is 5.60 Å². The molecule has 3 heteroatoms. The number of rotatable bonds is 4. The molecule has 1 heterocycles. The van der Waals surface area contributed by atoms with Crippen molar-refractivity contribution in [3.05, 3.63) is 10.6 Å². The van der Waals surface area contributed by atoms with Crippen LogP contribution in [-0.4, -0.2) is 11.6 Å². The van der Waals surface area contributed by atoms with E-state index in [1.54, 1.807) is 0 Å². The van der Waals surface area contributed by atoms with Crippen LogP contribution in [-0.2, 0) is 9.53 Å². The number of halogens is 1. The molecule has 1 fully saturated rings. The van der Waals surface area contributed by atoms with E-state index in [0.717, 1.165) is 25.7 Å². The van der Waals surface area contributed by atoms with Gasteiger partial charge in [0.1, 0.15) is 5.60 Å². The van der Waals surface area contributed by atoms with Crippen molar-refractivity contribution in [1.82, 2.24) is 0 Å². The quantitative estimate of drug-likeness (QED) is 0.532. The van der Waals surface area contributed by atoms with E-state index in [4.69, 9.17) is 16.3 Å². The van der Waals surface area contributed by atoms with Gasteiger partial charge in [0.2, 0.25) is 0 Å². The fraction of sp³-hybridized carbons (Fsp3) is 0.727. The molecular weight excluding hydrogens is 200 g/mol. The number of hydrogen-bond donors (Lipinski definition) is 0. The summed E-state index contributed by atoms with van der Waals surface area (Å²) in [5.41, 5.74) is 0.261. The SMILES string of the molecule is CCCC/C(Cl)=C1/C(=O)OC1(C)CC. The lowest BCUT2D eigenvalue weighted by molar-refractivity contribution is -0.169. The van der Waals surface area contributed by atoms with Crippen molar-refractivity contribution >= 4 is 17.6 Å².